The summed E-state index contributed by atoms with van der Waals surface area (Å²) in [6.45, 7) is 8.35. The molecule has 19 heavy (non-hydrogen) atoms. The molecule has 0 bridgehead atoms. The van der Waals surface area contributed by atoms with Crippen molar-refractivity contribution in [2.75, 3.05) is 19.6 Å². The third-order valence-corrected chi connectivity index (χ3v) is 3.71. The predicted molar refractivity (Wildman–Crippen MR) is 68.5 cm³/mol. The molecule has 112 valence electrons. The van der Waals surface area contributed by atoms with Crippen LogP contribution in [0.4, 0.5) is 0 Å². The Balaban J connectivity index is 4.56. The van der Waals surface area contributed by atoms with Gasteiger partial charge in [0.2, 0.25) is 0 Å². The second-order valence-electron chi connectivity index (χ2n) is 4.13. The van der Waals surface area contributed by atoms with Crippen LogP contribution in [0.2, 0.25) is 0 Å². The summed E-state index contributed by atoms with van der Waals surface area (Å²) in [4.78, 5) is 24.1. The highest BCUT2D eigenvalue weighted by Gasteiger charge is 2.29. The molecular formula is C10H22N3O5S+. The van der Waals surface area contributed by atoms with Crippen LogP contribution in [-0.4, -0.2) is 44.3 Å². The van der Waals surface area contributed by atoms with Crippen molar-refractivity contribution in [3.63, 3.8) is 0 Å². The molecule has 0 unspecified atom stereocenters. The minimum atomic E-state index is -4.13. The van der Waals surface area contributed by atoms with Gasteiger partial charge in [0.15, 0.2) is 0 Å². The molecule has 0 fully saturated rings. The lowest BCUT2D eigenvalue weighted by Gasteiger charge is -2.33. The van der Waals surface area contributed by atoms with Crippen molar-refractivity contribution in [1.29, 1.82) is 0 Å². The van der Waals surface area contributed by atoms with Crippen LogP contribution in [-0.2, 0) is 24.2 Å². The number of nitrogens with zero attached hydrogens (tertiary/aromatic N) is 1. The number of quaternary nitrogens is 1. The molecule has 0 heterocycles. The third-order valence-electron chi connectivity index (χ3n) is 2.80. The van der Waals surface area contributed by atoms with Gasteiger partial charge in [-0.1, -0.05) is 0 Å². The molecule has 0 saturated carbocycles. The third kappa shape index (κ3) is 6.62. The summed E-state index contributed by atoms with van der Waals surface area (Å²) < 4.78 is 27.8. The van der Waals surface area contributed by atoms with E-state index in [4.69, 9.17) is 0 Å². The highest BCUT2D eigenvalue weighted by atomic mass is 32.2. The topological polar surface area (TPSA) is 102 Å². The van der Waals surface area contributed by atoms with E-state index in [1.54, 1.807) is 5.48 Å². The van der Waals surface area contributed by atoms with Crippen LogP contribution in [0.1, 0.15) is 34.1 Å². The van der Waals surface area contributed by atoms with Gasteiger partial charge in [0.05, 0.1) is 26.1 Å². The maximum atomic E-state index is 11.7. The normalized spacial score (nSPS) is 12.2. The van der Waals surface area contributed by atoms with Crippen LogP contribution in [0.5, 0.6) is 0 Å². The number of Topliss-reactive ketones (excluding diaryl/α,β-unsaturated/α-hetero) is 1. The molecule has 9 heteroatoms. The van der Waals surface area contributed by atoms with Gasteiger partial charge in [-0.15, -0.1) is 4.28 Å². The van der Waals surface area contributed by atoms with Gasteiger partial charge in [0.25, 0.3) is 5.91 Å². The maximum absolute atomic E-state index is 11.7. The van der Waals surface area contributed by atoms with Crippen LogP contribution >= 0.6 is 0 Å². The first-order chi connectivity index (χ1) is 8.70. The molecule has 0 saturated heterocycles. The van der Waals surface area contributed by atoms with Crippen LogP contribution in [0.15, 0.2) is 0 Å². The Morgan fingerprint density at radius 2 is 1.58 bits per heavy atom. The molecule has 2 N–H and O–H groups in total. The van der Waals surface area contributed by atoms with Gasteiger partial charge in [-0.2, -0.15) is 8.42 Å². The molecule has 0 aliphatic carbocycles. The van der Waals surface area contributed by atoms with Crippen LogP contribution in [0, 0.1) is 0 Å². The van der Waals surface area contributed by atoms with E-state index < -0.39 is 22.6 Å². The van der Waals surface area contributed by atoms with Gasteiger partial charge in [-0.05, 0) is 32.5 Å². The van der Waals surface area contributed by atoms with E-state index in [1.165, 1.54) is 6.92 Å². The highest BCUT2D eigenvalue weighted by molar-refractivity contribution is 7.84. The lowest BCUT2D eigenvalue weighted by Crippen LogP contribution is -2.60. The molecule has 8 nitrogen and oxygen atoms in total. The predicted octanol–water partition coefficient (Wildman–Crippen LogP) is -0.361. The number of hydroxylamine groups is 1. The number of ketones is 1. The molecule has 0 rings (SSSR count). The SMILES string of the molecule is CC[N+](CC)(CC)NS(=O)(=O)ONC(=O)CC(C)=O. The van der Waals surface area contributed by atoms with Crippen molar-refractivity contribution >= 4 is 22.0 Å². The average molecular weight is 296 g/mol. The van der Waals surface area contributed by atoms with Crippen molar-refractivity contribution in [3.05, 3.63) is 0 Å². The fourth-order valence-corrected chi connectivity index (χ4v) is 2.59. The summed E-state index contributed by atoms with van der Waals surface area (Å²) >= 11 is 0. The smallest absolute Gasteiger partial charge is 0.299 e. The van der Waals surface area contributed by atoms with Crippen molar-refractivity contribution in [1.82, 2.24) is 10.3 Å². The molecule has 1 amide bonds. The summed E-state index contributed by atoms with van der Waals surface area (Å²) in [7, 11) is -4.13. The zero-order valence-electron chi connectivity index (χ0n) is 11.7. The number of hydrogen-bond donors (Lipinski definition) is 2. The van der Waals surface area contributed by atoms with Gasteiger partial charge in [0.1, 0.15) is 5.78 Å². The van der Waals surface area contributed by atoms with Gasteiger partial charge in [-0.25, -0.2) is 10.1 Å². The Morgan fingerprint density at radius 3 is 1.95 bits per heavy atom. The second kappa shape index (κ2) is 7.53. The number of carbonyl (C=O) groups is 2. The van der Waals surface area contributed by atoms with Gasteiger partial charge >= 0.3 is 10.3 Å². The first-order valence-corrected chi connectivity index (χ1v) is 7.48. The minimum absolute atomic E-state index is 0.102. The number of rotatable bonds is 9. The van der Waals surface area contributed by atoms with Gasteiger partial charge in [-0.3, -0.25) is 9.59 Å². The fraction of sp³-hybridized carbons (Fsp3) is 0.800. The Kier molecular flexibility index (Phi) is 7.12. The Labute approximate surface area is 113 Å². The number of carbonyl (C=O) groups excluding carboxylic acids is 2. The Bertz CT molecular complexity index is 409. The number of hydrogen-bond acceptors (Lipinski definition) is 5. The van der Waals surface area contributed by atoms with E-state index >= 15 is 0 Å². The second-order valence-corrected chi connectivity index (χ2v) is 5.38. The maximum Gasteiger partial charge on any atom is 0.399 e. The lowest BCUT2D eigenvalue weighted by atomic mass is 10.3. The van der Waals surface area contributed by atoms with Gasteiger partial charge in [0, 0.05) is 0 Å². The largest absolute Gasteiger partial charge is 0.399 e. The van der Waals surface area contributed by atoms with Crippen molar-refractivity contribution in [3.8, 4) is 0 Å². The van der Waals surface area contributed by atoms with E-state index in [-0.39, 0.29) is 10.4 Å². The monoisotopic (exact) mass is 296 g/mol. The average Bonchev–Trinajstić information content (AvgIpc) is 2.33. The summed E-state index contributed by atoms with van der Waals surface area (Å²) in [5.74, 6) is -1.19. The molecule has 0 spiro atoms. The van der Waals surface area contributed by atoms with E-state index in [0.29, 0.717) is 19.6 Å². The number of amides is 1. The first-order valence-electron chi connectivity index (χ1n) is 6.07. The molecular weight excluding hydrogens is 274 g/mol. The Morgan fingerprint density at radius 1 is 1.11 bits per heavy atom. The molecule has 0 aromatic carbocycles. The summed E-state index contributed by atoms with van der Waals surface area (Å²) in [6.07, 6.45) is -0.426. The zero-order valence-corrected chi connectivity index (χ0v) is 12.5. The van der Waals surface area contributed by atoms with Crippen molar-refractivity contribution in [2.45, 2.75) is 34.1 Å². The highest BCUT2D eigenvalue weighted by Crippen LogP contribution is 2.03. The molecule has 0 aliphatic rings. The summed E-state index contributed by atoms with van der Waals surface area (Å²) in [5.41, 5.74) is 1.73. The molecule has 0 aromatic heterocycles. The Hall–Kier alpha value is -1.03. The molecule has 0 aliphatic heterocycles. The van der Waals surface area contributed by atoms with Crippen LogP contribution < -0.4 is 10.3 Å². The van der Waals surface area contributed by atoms with Gasteiger partial charge < -0.3 is 0 Å². The van der Waals surface area contributed by atoms with Crippen LogP contribution in [0.3, 0.4) is 0 Å². The van der Waals surface area contributed by atoms with E-state index in [9.17, 15) is 18.0 Å². The van der Waals surface area contributed by atoms with E-state index in [0.717, 1.165) is 0 Å². The molecule has 0 atom stereocenters. The minimum Gasteiger partial charge on any atom is -0.299 e. The quantitative estimate of drug-likeness (QED) is 0.344. The van der Waals surface area contributed by atoms with E-state index in [2.05, 4.69) is 9.11 Å². The zero-order chi connectivity index (χ0) is 15.1. The molecule has 0 radical (unpaired) electrons. The summed E-state index contributed by atoms with van der Waals surface area (Å²) in [5, 5.41) is 0. The van der Waals surface area contributed by atoms with E-state index in [1.807, 2.05) is 20.8 Å². The molecule has 0 aromatic rings. The standard InChI is InChI=1S/C10H21N3O5S/c1-5-13(6-2,7-3)12-19(16,17)18-11-10(15)8-9(4)14/h12H,5-8H2,1-4H3/p+1. The first kappa shape index (κ1) is 18.0. The van der Waals surface area contributed by atoms with Crippen molar-refractivity contribution < 1.29 is 26.9 Å². The van der Waals surface area contributed by atoms with Crippen LogP contribution in [0.25, 0.3) is 0 Å². The lowest BCUT2D eigenvalue weighted by molar-refractivity contribution is -0.952. The fourth-order valence-electron chi connectivity index (χ4n) is 1.48. The number of nitrogens with one attached hydrogen (secondary N) is 2. The summed E-state index contributed by atoms with van der Waals surface area (Å²) in [6, 6.07) is 0. The van der Waals surface area contributed by atoms with Crippen molar-refractivity contribution in [2.24, 2.45) is 0 Å².